The van der Waals surface area contributed by atoms with Crippen LogP contribution < -0.4 is 10.5 Å². The Balaban J connectivity index is 1.41. The van der Waals surface area contributed by atoms with Gasteiger partial charge >= 0.3 is 0 Å². The van der Waals surface area contributed by atoms with Crippen molar-refractivity contribution in [1.82, 2.24) is 29.2 Å². The number of hydrogen-bond acceptors (Lipinski definition) is 6. The monoisotopic (exact) mass is 381 g/mol. The molecule has 1 saturated heterocycles. The van der Waals surface area contributed by atoms with Gasteiger partial charge in [-0.15, -0.1) is 0 Å². The first-order valence-corrected chi connectivity index (χ1v) is 9.21. The van der Waals surface area contributed by atoms with Gasteiger partial charge in [-0.05, 0) is 25.7 Å². The topological polar surface area (TPSA) is 89.8 Å². The third-order valence-electron chi connectivity index (χ3n) is 4.80. The Labute approximate surface area is 162 Å². The molecule has 1 N–H and O–H groups in total. The zero-order valence-corrected chi connectivity index (χ0v) is 16.0. The van der Waals surface area contributed by atoms with Crippen LogP contribution in [0.25, 0.3) is 5.65 Å². The maximum atomic E-state index is 12.8. The largest absolute Gasteiger partial charge is 0.353 e. The van der Waals surface area contributed by atoms with E-state index in [0.29, 0.717) is 26.2 Å². The summed E-state index contributed by atoms with van der Waals surface area (Å²) in [7, 11) is 4.06. The summed E-state index contributed by atoms with van der Waals surface area (Å²) in [5, 5.41) is 0. The summed E-state index contributed by atoms with van der Waals surface area (Å²) in [4.78, 5) is 41.9. The van der Waals surface area contributed by atoms with Gasteiger partial charge in [-0.2, -0.15) is 0 Å². The average molecular weight is 381 g/mol. The SMILES string of the molecule is CN(C)Cc1ccc(N2CCN(C(=O)c3cn4cc[nH]c(=O)c4n3)CC2)nc1. The normalized spacial score (nSPS) is 14.8. The highest BCUT2D eigenvalue weighted by atomic mass is 16.2. The number of anilines is 1. The Kier molecular flexibility index (Phi) is 4.82. The van der Waals surface area contributed by atoms with Crippen molar-refractivity contribution in [3.8, 4) is 0 Å². The van der Waals surface area contributed by atoms with Gasteiger partial charge in [0.05, 0.1) is 0 Å². The smallest absolute Gasteiger partial charge is 0.291 e. The van der Waals surface area contributed by atoms with Crippen LogP contribution in [0.15, 0.2) is 41.7 Å². The molecule has 28 heavy (non-hydrogen) atoms. The zero-order valence-electron chi connectivity index (χ0n) is 16.0. The van der Waals surface area contributed by atoms with Crippen molar-refractivity contribution in [2.24, 2.45) is 0 Å². The molecule has 0 aliphatic carbocycles. The highest BCUT2D eigenvalue weighted by Gasteiger charge is 2.24. The molecule has 3 aromatic rings. The van der Waals surface area contributed by atoms with E-state index in [1.165, 1.54) is 11.8 Å². The third kappa shape index (κ3) is 3.61. The molecule has 9 heteroatoms. The lowest BCUT2D eigenvalue weighted by Gasteiger charge is -2.35. The molecule has 0 radical (unpaired) electrons. The second-order valence-electron chi connectivity index (χ2n) is 7.19. The molecular formula is C19H23N7O2. The molecule has 3 aromatic heterocycles. The summed E-state index contributed by atoms with van der Waals surface area (Å²) in [6.45, 7) is 3.45. The van der Waals surface area contributed by atoms with Gasteiger partial charge in [0.25, 0.3) is 11.5 Å². The highest BCUT2D eigenvalue weighted by molar-refractivity contribution is 5.93. The number of imidazole rings is 1. The number of nitrogens with zero attached hydrogens (tertiary/aromatic N) is 6. The van der Waals surface area contributed by atoms with Gasteiger partial charge in [-0.3, -0.25) is 9.59 Å². The van der Waals surface area contributed by atoms with E-state index in [2.05, 4.69) is 30.8 Å². The van der Waals surface area contributed by atoms with Crippen LogP contribution >= 0.6 is 0 Å². The third-order valence-corrected chi connectivity index (χ3v) is 4.80. The molecule has 0 saturated carbocycles. The predicted octanol–water partition coefficient (Wildman–Crippen LogP) is 0.442. The summed E-state index contributed by atoms with van der Waals surface area (Å²) in [6.07, 6.45) is 6.70. The maximum absolute atomic E-state index is 12.8. The van der Waals surface area contributed by atoms with E-state index in [1.807, 2.05) is 26.4 Å². The molecule has 1 aliphatic heterocycles. The number of fused-ring (bicyclic) bond motifs is 1. The number of piperazine rings is 1. The summed E-state index contributed by atoms with van der Waals surface area (Å²) in [5.74, 6) is 0.769. The molecule has 1 aliphatic rings. The fraction of sp³-hybridized carbons (Fsp3) is 0.368. The van der Waals surface area contributed by atoms with Crippen LogP contribution in [0.3, 0.4) is 0 Å². The first-order chi connectivity index (χ1) is 13.5. The van der Waals surface area contributed by atoms with Crippen LogP contribution in [0, 0.1) is 0 Å². The van der Waals surface area contributed by atoms with Crippen molar-refractivity contribution in [1.29, 1.82) is 0 Å². The summed E-state index contributed by atoms with van der Waals surface area (Å²) < 4.78 is 1.57. The second kappa shape index (κ2) is 7.43. The fourth-order valence-corrected chi connectivity index (χ4v) is 3.40. The van der Waals surface area contributed by atoms with Crippen molar-refractivity contribution in [2.45, 2.75) is 6.54 Å². The number of rotatable bonds is 4. The molecule has 0 unspecified atom stereocenters. The molecule has 1 fully saturated rings. The predicted molar refractivity (Wildman–Crippen MR) is 106 cm³/mol. The van der Waals surface area contributed by atoms with Crippen LogP contribution in [0.1, 0.15) is 16.1 Å². The summed E-state index contributed by atoms with van der Waals surface area (Å²) in [6, 6.07) is 4.12. The number of aromatic nitrogens is 4. The van der Waals surface area contributed by atoms with Gasteiger partial charge in [0.2, 0.25) is 5.65 Å². The Morgan fingerprint density at radius 3 is 2.64 bits per heavy atom. The van der Waals surface area contributed by atoms with Crippen molar-refractivity contribution in [3.05, 3.63) is 58.5 Å². The van der Waals surface area contributed by atoms with Gasteiger partial charge in [0.1, 0.15) is 11.5 Å². The van der Waals surface area contributed by atoms with Crippen molar-refractivity contribution >= 4 is 17.4 Å². The zero-order chi connectivity index (χ0) is 19.7. The van der Waals surface area contributed by atoms with E-state index >= 15 is 0 Å². The molecule has 4 rings (SSSR count). The lowest BCUT2D eigenvalue weighted by Crippen LogP contribution is -2.49. The molecule has 146 valence electrons. The minimum absolute atomic E-state index is 0.156. The first-order valence-electron chi connectivity index (χ1n) is 9.21. The van der Waals surface area contributed by atoms with Gasteiger partial charge in [0.15, 0.2) is 0 Å². The Morgan fingerprint density at radius 1 is 1.21 bits per heavy atom. The van der Waals surface area contributed by atoms with E-state index in [1.54, 1.807) is 21.7 Å². The standard InChI is InChI=1S/C19H23N7O2/c1-23(2)12-14-3-4-16(21-11-14)24-7-9-25(10-8-24)19(28)15-13-26-6-5-20-18(27)17(26)22-15/h3-6,11,13H,7-10,12H2,1-2H3,(H,20,27). The van der Waals surface area contributed by atoms with Crippen molar-refractivity contribution in [3.63, 3.8) is 0 Å². The number of carbonyl (C=O) groups is 1. The van der Waals surface area contributed by atoms with Gasteiger partial charge < -0.3 is 24.1 Å². The van der Waals surface area contributed by atoms with Crippen LogP contribution in [-0.2, 0) is 6.54 Å². The van der Waals surface area contributed by atoms with Crippen molar-refractivity contribution in [2.75, 3.05) is 45.2 Å². The number of nitrogens with one attached hydrogen (secondary N) is 1. The van der Waals surface area contributed by atoms with E-state index in [-0.39, 0.29) is 22.8 Å². The van der Waals surface area contributed by atoms with Gasteiger partial charge in [-0.25, -0.2) is 9.97 Å². The van der Waals surface area contributed by atoms with E-state index in [9.17, 15) is 9.59 Å². The average Bonchev–Trinajstić information content (AvgIpc) is 3.13. The minimum Gasteiger partial charge on any atom is -0.353 e. The molecule has 0 aromatic carbocycles. The molecule has 9 nitrogen and oxygen atoms in total. The van der Waals surface area contributed by atoms with E-state index in [0.717, 1.165) is 12.4 Å². The van der Waals surface area contributed by atoms with Gasteiger partial charge in [-0.1, -0.05) is 6.07 Å². The molecule has 0 atom stereocenters. The van der Waals surface area contributed by atoms with E-state index in [4.69, 9.17) is 0 Å². The molecule has 4 heterocycles. The maximum Gasteiger partial charge on any atom is 0.291 e. The number of pyridine rings is 1. The summed E-state index contributed by atoms with van der Waals surface area (Å²) in [5.41, 5.74) is 1.38. The quantitative estimate of drug-likeness (QED) is 0.705. The van der Waals surface area contributed by atoms with Gasteiger partial charge in [0, 0.05) is 57.5 Å². The van der Waals surface area contributed by atoms with Crippen LogP contribution in [0.5, 0.6) is 0 Å². The first kappa shape index (κ1) is 18.2. The lowest BCUT2D eigenvalue weighted by atomic mass is 10.2. The number of aromatic amines is 1. The molecule has 1 amide bonds. The molecular weight excluding hydrogens is 358 g/mol. The Bertz CT molecular complexity index is 1030. The summed E-state index contributed by atoms with van der Waals surface area (Å²) >= 11 is 0. The minimum atomic E-state index is -0.310. The lowest BCUT2D eigenvalue weighted by molar-refractivity contribution is 0.0741. The highest BCUT2D eigenvalue weighted by Crippen LogP contribution is 2.16. The number of carbonyl (C=O) groups excluding carboxylic acids is 1. The van der Waals surface area contributed by atoms with Crippen LogP contribution in [-0.4, -0.2) is 75.3 Å². The van der Waals surface area contributed by atoms with Crippen LogP contribution in [0.4, 0.5) is 5.82 Å². The second-order valence-corrected chi connectivity index (χ2v) is 7.19. The Hall–Kier alpha value is -3.20. The number of hydrogen-bond donors (Lipinski definition) is 1. The van der Waals surface area contributed by atoms with E-state index < -0.39 is 0 Å². The number of amides is 1. The van der Waals surface area contributed by atoms with Crippen LogP contribution in [0.2, 0.25) is 0 Å². The Morgan fingerprint density at radius 2 is 2.00 bits per heavy atom. The van der Waals surface area contributed by atoms with Crippen molar-refractivity contribution < 1.29 is 4.79 Å². The number of H-pyrrole nitrogens is 1. The molecule has 0 spiro atoms. The fourth-order valence-electron chi connectivity index (χ4n) is 3.40. The molecule has 0 bridgehead atoms.